The molecule has 3 rings (SSSR count). The summed E-state index contributed by atoms with van der Waals surface area (Å²) in [6.07, 6.45) is 1.70. The van der Waals surface area contributed by atoms with Gasteiger partial charge in [-0.15, -0.1) is 11.3 Å². The molecule has 154 valence electrons. The quantitative estimate of drug-likeness (QED) is 0.318. The van der Waals surface area contributed by atoms with Crippen molar-refractivity contribution in [2.75, 3.05) is 31.2 Å². The van der Waals surface area contributed by atoms with Crippen LogP contribution in [0.1, 0.15) is 22.9 Å². The van der Waals surface area contributed by atoms with Crippen LogP contribution < -0.4 is 16.4 Å². The molecule has 1 unspecified atom stereocenters. The monoisotopic (exact) mass is 412 g/mol. The second-order valence-corrected chi connectivity index (χ2v) is 7.27. The molecule has 0 fully saturated rings. The third-order valence-corrected chi connectivity index (χ3v) is 4.94. The molecule has 5 N–H and O–H groups in total. The van der Waals surface area contributed by atoms with Gasteiger partial charge in [0.1, 0.15) is 6.29 Å². The van der Waals surface area contributed by atoms with E-state index in [1.54, 1.807) is 5.38 Å². The maximum atomic E-state index is 10.0. The van der Waals surface area contributed by atoms with Crippen LogP contribution in [0.25, 0.3) is 0 Å². The number of nitrogens with zero attached hydrogens (tertiary/aromatic N) is 1. The van der Waals surface area contributed by atoms with E-state index in [0.29, 0.717) is 18.1 Å². The summed E-state index contributed by atoms with van der Waals surface area (Å²) in [5, 5.41) is 18.7. The van der Waals surface area contributed by atoms with Gasteiger partial charge in [0.25, 0.3) is 0 Å². The van der Waals surface area contributed by atoms with Crippen LogP contribution in [0.3, 0.4) is 0 Å². The summed E-state index contributed by atoms with van der Waals surface area (Å²) < 4.78 is 0. The molecule has 0 bridgehead atoms. The first-order valence-corrected chi connectivity index (χ1v) is 10.3. The molecule has 0 spiro atoms. The normalized spacial score (nSPS) is 11.2. The molecule has 1 heterocycles. The maximum absolute atomic E-state index is 10.0. The van der Waals surface area contributed by atoms with Gasteiger partial charge >= 0.3 is 0 Å². The van der Waals surface area contributed by atoms with Gasteiger partial charge in [0.15, 0.2) is 5.13 Å². The van der Waals surface area contributed by atoms with Crippen molar-refractivity contribution in [2.24, 2.45) is 0 Å². The Balaban J connectivity index is 0.000000278. The first kappa shape index (κ1) is 22.5. The average Bonchev–Trinajstić information content (AvgIpc) is 3.17. The highest BCUT2D eigenvalue weighted by Gasteiger charge is 2.05. The number of thiazole rings is 1. The molecule has 1 aromatic heterocycles. The first-order chi connectivity index (χ1) is 14.1. The van der Waals surface area contributed by atoms with Gasteiger partial charge in [-0.05, 0) is 36.2 Å². The molecule has 7 heteroatoms. The zero-order chi connectivity index (χ0) is 20.9. The lowest BCUT2D eigenvalue weighted by molar-refractivity contribution is -0.107. The van der Waals surface area contributed by atoms with Crippen LogP contribution in [-0.4, -0.2) is 36.5 Å². The number of anilines is 2. The summed E-state index contributed by atoms with van der Waals surface area (Å²) >= 11 is 1.35. The van der Waals surface area contributed by atoms with Gasteiger partial charge in [-0.1, -0.05) is 42.5 Å². The minimum Gasteiger partial charge on any atom is -0.388 e. The molecule has 1 atom stereocenters. The lowest BCUT2D eigenvalue weighted by Gasteiger charge is -2.12. The van der Waals surface area contributed by atoms with Gasteiger partial charge in [-0.3, -0.25) is 0 Å². The molecule has 0 aliphatic rings. The molecular formula is C22H28N4O2S. The fraction of sp³-hybridized carbons (Fsp3) is 0.273. The van der Waals surface area contributed by atoms with Crippen molar-refractivity contribution in [3.05, 3.63) is 76.8 Å². The number of carbonyl (C=O) groups excluding carboxylic acids is 1. The Morgan fingerprint density at radius 1 is 1.17 bits per heavy atom. The number of aliphatic hydroxyl groups is 1. The summed E-state index contributed by atoms with van der Waals surface area (Å²) in [7, 11) is 1.92. The lowest BCUT2D eigenvalue weighted by Crippen LogP contribution is -2.23. The largest absolute Gasteiger partial charge is 0.388 e. The van der Waals surface area contributed by atoms with Crippen molar-refractivity contribution in [2.45, 2.75) is 18.9 Å². The summed E-state index contributed by atoms with van der Waals surface area (Å²) in [4.78, 5) is 13.8. The van der Waals surface area contributed by atoms with Crippen molar-refractivity contribution >= 4 is 28.4 Å². The van der Waals surface area contributed by atoms with E-state index < -0.39 is 6.10 Å². The molecule has 29 heavy (non-hydrogen) atoms. The maximum Gasteiger partial charge on any atom is 0.180 e. The van der Waals surface area contributed by atoms with E-state index in [4.69, 9.17) is 5.73 Å². The highest BCUT2D eigenvalue weighted by Crippen LogP contribution is 2.11. The number of nitrogens with two attached hydrogens (primary N) is 1. The van der Waals surface area contributed by atoms with E-state index in [0.717, 1.165) is 36.2 Å². The summed E-state index contributed by atoms with van der Waals surface area (Å²) in [6, 6.07) is 18.2. The van der Waals surface area contributed by atoms with Crippen LogP contribution in [0, 0.1) is 0 Å². The number of aldehydes is 1. The van der Waals surface area contributed by atoms with E-state index in [2.05, 4.69) is 39.9 Å². The number of aromatic nitrogens is 1. The molecule has 6 nitrogen and oxygen atoms in total. The number of carbonyl (C=O) groups is 1. The number of benzene rings is 2. The van der Waals surface area contributed by atoms with Crippen LogP contribution in [-0.2, 0) is 17.6 Å². The lowest BCUT2D eigenvalue weighted by atomic mass is 10.1. The average molecular weight is 413 g/mol. The highest BCUT2D eigenvalue weighted by molar-refractivity contribution is 7.13. The second kappa shape index (κ2) is 12.7. The molecule has 3 aromatic rings. The Bertz CT molecular complexity index is 838. The molecule has 0 amide bonds. The van der Waals surface area contributed by atoms with Gasteiger partial charge in [0.05, 0.1) is 11.8 Å². The fourth-order valence-electron chi connectivity index (χ4n) is 2.60. The van der Waals surface area contributed by atoms with Crippen LogP contribution >= 0.6 is 11.3 Å². The SMILES string of the molecule is CNc1ccc(CCNCC(O)c2ccccc2)cc1.Nc1nc(CC=O)cs1. The molecule has 0 radical (unpaired) electrons. The van der Waals surface area contributed by atoms with E-state index in [9.17, 15) is 9.90 Å². The topological polar surface area (TPSA) is 100 Å². The highest BCUT2D eigenvalue weighted by atomic mass is 32.1. The van der Waals surface area contributed by atoms with Gasteiger partial charge in [0.2, 0.25) is 0 Å². The number of nitrogen functional groups attached to an aromatic ring is 1. The Hall–Kier alpha value is -2.74. The van der Waals surface area contributed by atoms with E-state index >= 15 is 0 Å². The summed E-state index contributed by atoms with van der Waals surface area (Å²) in [6.45, 7) is 1.45. The number of rotatable bonds is 9. The summed E-state index contributed by atoms with van der Waals surface area (Å²) in [5.74, 6) is 0. The Morgan fingerprint density at radius 3 is 2.48 bits per heavy atom. The number of hydrogen-bond acceptors (Lipinski definition) is 7. The molecule has 0 aliphatic heterocycles. The number of nitrogens with one attached hydrogen (secondary N) is 2. The fourth-order valence-corrected chi connectivity index (χ4v) is 3.18. The van der Waals surface area contributed by atoms with Crippen molar-refractivity contribution in [3.8, 4) is 0 Å². The van der Waals surface area contributed by atoms with Crippen LogP contribution in [0.2, 0.25) is 0 Å². The van der Waals surface area contributed by atoms with Gasteiger partial charge in [-0.2, -0.15) is 0 Å². The van der Waals surface area contributed by atoms with Crippen LogP contribution in [0.5, 0.6) is 0 Å². The predicted molar refractivity (Wildman–Crippen MR) is 120 cm³/mol. The minimum absolute atomic E-state index is 0.369. The van der Waals surface area contributed by atoms with Gasteiger partial charge in [0, 0.05) is 31.1 Å². The zero-order valence-electron chi connectivity index (χ0n) is 16.5. The number of aliphatic hydroxyl groups excluding tert-OH is 1. The number of hydrogen-bond donors (Lipinski definition) is 4. The van der Waals surface area contributed by atoms with Crippen LogP contribution in [0.4, 0.5) is 10.8 Å². The van der Waals surface area contributed by atoms with E-state index in [-0.39, 0.29) is 0 Å². The zero-order valence-corrected chi connectivity index (χ0v) is 17.4. The van der Waals surface area contributed by atoms with Crippen molar-refractivity contribution in [1.82, 2.24) is 10.3 Å². The van der Waals surface area contributed by atoms with Crippen molar-refractivity contribution in [1.29, 1.82) is 0 Å². The second-order valence-electron chi connectivity index (χ2n) is 6.38. The van der Waals surface area contributed by atoms with E-state index in [1.807, 2.05) is 37.4 Å². The summed E-state index contributed by atoms with van der Waals surface area (Å²) in [5.41, 5.74) is 9.44. The molecule has 0 saturated heterocycles. The third kappa shape index (κ3) is 8.43. The minimum atomic E-state index is -0.442. The smallest absolute Gasteiger partial charge is 0.180 e. The van der Waals surface area contributed by atoms with Gasteiger partial charge in [-0.25, -0.2) is 4.98 Å². The Kier molecular flexibility index (Phi) is 9.85. The Morgan fingerprint density at radius 2 is 1.90 bits per heavy atom. The predicted octanol–water partition coefficient (Wildman–Crippen LogP) is 3.06. The first-order valence-electron chi connectivity index (χ1n) is 9.46. The van der Waals surface area contributed by atoms with Gasteiger partial charge < -0.3 is 26.3 Å². The molecule has 0 aliphatic carbocycles. The standard InChI is InChI=1S/C17H22N2O.C5H6N2OS/c1-18-16-9-7-14(8-10-16)11-12-19-13-17(20)15-5-3-2-4-6-15;6-5-7-4(1-2-8)3-9-5/h2-10,17-20H,11-13H2,1H3;2-3H,1H2,(H2,6,7). The third-order valence-electron chi connectivity index (χ3n) is 4.22. The van der Waals surface area contributed by atoms with Crippen LogP contribution in [0.15, 0.2) is 60.0 Å². The molecule has 2 aromatic carbocycles. The van der Waals surface area contributed by atoms with Crippen molar-refractivity contribution < 1.29 is 9.90 Å². The molecule has 0 saturated carbocycles. The molecular weight excluding hydrogens is 384 g/mol. The van der Waals surface area contributed by atoms with Crippen molar-refractivity contribution in [3.63, 3.8) is 0 Å². The van der Waals surface area contributed by atoms with E-state index in [1.165, 1.54) is 16.9 Å². The Labute approximate surface area is 175 Å².